The van der Waals surface area contributed by atoms with Gasteiger partial charge in [0.2, 0.25) is 11.9 Å². The van der Waals surface area contributed by atoms with E-state index >= 15 is 4.39 Å². The van der Waals surface area contributed by atoms with Gasteiger partial charge in [-0.1, -0.05) is 12.1 Å². The van der Waals surface area contributed by atoms with Crippen LogP contribution in [-0.2, 0) is 35.7 Å². The Hall–Kier alpha value is -4.22. The molecular weight excluding hydrogens is 683 g/mol. The first-order valence-corrected chi connectivity index (χ1v) is 18.9. The molecule has 4 heterocycles. The van der Waals surface area contributed by atoms with Crippen molar-refractivity contribution in [2.45, 2.75) is 32.4 Å². The van der Waals surface area contributed by atoms with Crippen molar-refractivity contribution in [3.63, 3.8) is 0 Å². The largest absolute Gasteiger partial charge is 0.497 e. The molecule has 1 fully saturated rings. The van der Waals surface area contributed by atoms with Gasteiger partial charge < -0.3 is 28.6 Å². The summed E-state index contributed by atoms with van der Waals surface area (Å²) in [5.41, 5.74) is 0.863. The van der Waals surface area contributed by atoms with E-state index in [2.05, 4.69) is 33.8 Å². The van der Waals surface area contributed by atoms with Crippen LogP contribution in [-0.4, -0.2) is 99.8 Å². The number of methoxy groups -OCH3 is 1. The van der Waals surface area contributed by atoms with Crippen molar-refractivity contribution in [2.75, 3.05) is 74.3 Å². The summed E-state index contributed by atoms with van der Waals surface area (Å²) in [6.45, 7) is 2.28. The maximum atomic E-state index is 15.2. The highest BCUT2D eigenvalue weighted by molar-refractivity contribution is 8.32. The van der Waals surface area contributed by atoms with Crippen LogP contribution in [0, 0.1) is 11.6 Å². The fraction of sp³-hybridized carbons (Fsp3) is 0.455. The van der Waals surface area contributed by atoms with Crippen LogP contribution in [0.3, 0.4) is 0 Å². The highest BCUT2D eigenvalue weighted by Gasteiger charge is 2.32. The zero-order chi connectivity index (χ0) is 35.6. The first kappa shape index (κ1) is 35.6. The van der Waals surface area contributed by atoms with E-state index in [1.165, 1.54) is 10.6 Å². The Morgan fingerprint density at radius 3 is 2.38 bits per heavy atom. The Bertz CT molecular complexity index is 1940. The second kappa shape index (κ2) is 14.6. The third-order valence-corrected chi connectivity index (χ3v) is 9.59. The molecule has 6 rings (SSSR count). The van der Waals surface area contributed by atoms with Gasteiger partial charge in [-0.05, 0) is 48.6 Å². The van der Waals surface area contributed by atoms with E-state index in [4.69, 9.17) is 19.2 Å². The average molecular weight is 723 g/mol. The lowest BCUT2D eigenvalue weighted by molar-refractivity contribution is -0.127. The number of hydrogen-bond acceptors (Lipinski definition) is 9. The van der Waals surface area contributed by atoms with Gasteiger partial charge in [0.1, 0.15) is 23.8 Å². The van der Waals surface area contributed by atoms with Gasteiger partial charge >= 0.3 is 6.18 Å². The van der Waals surface area contributed by atoms with Crippen molar-refractivity contribution in [2.24, 2.45) is 0 Å². The summed E-state index contributed by atoms with van der Waals surface area (Å²) in [6.07, 6.45) is 1.93. The molecule has 11 nitrogen and oxygen atoms in total. The fourth-order valence-corrected chi connectivity index (χ4v) is 6.20. The number of nitrogens with zero attached hydrogens (tertiary/aromatic N) is 8. The van der Waals surface area contributed by atoms with Crippen LogP contribution in [0.5, 0.6) is 5.75 Å². The SMILES string of the molecule is COc1ccc(CN(Cc2nc3c(F)c(F)ccc3n2COCCS(C)(C)C)c2nc(N3CCOCC3)nc3c(CC(F)(F)F)cnn23)cc1. The first-order chi connectivity index (χ1) is 23.8. The summed E-state index contributed by atoms with van der Waals surface area (Å²) >= 11 is 0. The van der Waals surface area contributed by atoms with E-state index < -0.39 is 34.3 Å². The Morgan fingerprint density at radius 1 is 0.960 bits per heavy atom. The Kier molecular flexibility index (Phi) is 10.4. The zero-order valence-corrected chi connectivity index (χ0v) is 29.0. The highest BCUT2D eigenvalue weighted by atomic mass is 32.3. The molecule has 0 spiro atoms. The van der Waals surface area contributed by atoms with E-state index in [1.54, 1.807) is 28.7 Å². The van der Waals surface area contributed by atoms with E-state index in [9.17, 15) is 17.6 Å². The molecule has 1 aliphatic rings. The number of imidazole rings is 1. The first-order valence-electron chi connectivity index (χ1n) is 15.9. The van der Waals surface area contributed by atoms with Gasteiger partial charge in [-0.2, -0.15) is 32.8 Å². The molecule has 0 unspecified atom stereocenters. The fourth-order valence-electron chi connectivity index (χ4n) is 5.58. The number of aromatic nitrogens is 6. The highest BCUT2D eigenvalue weighted by Crippen LogP contribution is 2.34. The van der Waals surface area contributed by atoms with Crippen molar-refractivity contribution in [1.82, 2.24) is 29.1 Å². The number of benzene rings is 2. The summed E-state index contributed by atoms with van der Waals surface area (Å²) < 4.78 is 90.5. The number of ether oxygens (including phenoxy) is 3. The molecule has 1 aliphatic heterocycles. The van der Waals surface area contributed by atoms with Crippen LogP contribution in [0.4, 0.5) is 33.8 Å². The lowest BCUT2D eigenvalue weighted by atomic mass is 10.2. The number of halogens is 5. The Labute approximate surface area is 287 Å². The van der Waals surface area contributed by atoms with E-state index in [0.29, 0.717) is 50.0 Å². The lowest BCUT2D eigenvalue weighted by Gasteiger charge is -2.29. The van der Waals surface area contributed by atoms with Crippen LogP contribution < -0.4 is 14.5 Å². The summed E-state index contributed by atoms with van der Waals surface area (Å²) in [7, 11) is 0.704. The number of fused-ring (bicyclic) bond motifs is 2. The number of anilines is 2. The Balaban J connectivity index is 1.48. The summed E-state index contributed by atoms with van der Waals surface area (Å²) in [5, 5.41) is 4.32. The molecule has 0 saturated carbocycles. The van der Waals surface area contributed by atoms with Crippen LogP contribution in [0.15, 0.2) is 42.6 Å². The molecule has 0 atom stereocenters. The molecule has 0 N–H and O–H groups in total. The molecule has 17 heteroatoms. The predicted octanol–water partition coefficient (Wildman–Crippen LogP) is 5.58. The topological polar surface area (TPSA) is 95.1 Å². The lowest BCUT2D eigenvalue weighted by Crippen LogP contribution is -2.38. The van der Waals surface area contributed by atoms with Crippen molar-refractivity contribution >= 4 is 38.6 Å². The maximum Gasteiger partial charge on any atom is 0.393 e. The zero-order valence-electron chi connectivity index (χ0n) is 28.2. The monoisotopic (exact) mass is 722 g/mol. The average Bonchev–Trinajstić information content (AvgIpc) is 3.64. The molecule has 0 amide bonds. The van der Waals surface area contributed by atoms with Gasteiger partial charge in [-0.3, -0.25) is 0 Å². The van der Waals surface area contributed by atoms with Gasteiger partial charge in [0.15, 0.2) is 17.3 Å². The van der Waals surface area contributed by atoms with Crippen molar-refractivity contribution in [3.8, 4) is 5.75 Å². The van der Waals surface area contributed by atoms with Gasteiger partial charge in [0.05, 0.1) is 51.6 Å². The second-order valence-electron chi connectivity index (χ2n) is 12.8. The number of hydrogen-bond donors (Lipinski definition) is 0. The van der Waals surface area contributed by atoms with Gasteiger partial charge in [-0.15, -0.1) is 0 Å². The van der Waals surface area contributed by atoms with E-state index in [-0.39, 0.29) is 48.4 Å². The minimum Gasteiger partial charge on any atom is -0.497 e. The molecule has 0 bridgehead atoms. The van der Waals surface area contributed by atoms with Crippen LogP contribution in [0.2, 0.25) is 0 Å². The number of alkyl halides is 3. The van der Waals surface area contributed by atoms with Crippen LogP contribution in [0.25, 0.3) is 16.7 Å². The molecular formula is C33H39F5N8O3S. The van der Waals surface area contributed by atoms with E-state index in [1.807, 2.05) is 17.0 Å². The smallest absolute Gasteiger partial charge is 0.393 e. The normalized spacial score (nSPS) is 14.5. The Morgan fingerprint density at radius 2 is 1.70 bits per heavy atom. The maximum absolute atomic E-state index is 15.2. The summed E-state index contributed by atoms with van der Waals surface area (Å²) in [4.78, 5) is 17.6. The minimum atomic E-state index is -4.50. The predicted molar refractivity (Wildman–Crippen MR) is 182 cm³/mol. The molecule has 1 saturated heterocycles. The van der Waals surface area contributed by atoms with Crippen molar-refractivity contribution < 1.29 is 36.2 Å². The van der Waals surface area contributed by atoms with Gasteiger partial charge in [0, 0.05) is 31.0 Å². The quantitative estimate of drug-likeness (QED) is 0.114. The van der Waals surface area contributed by atoms with Crippen LogP contribution >= 0.6 is 10.0 Å². The molecule has 5 aromatic rings. The molecule has 0 aliphatic carbocycles. The number of rotatable bonds is 13. The summed E-state index contributed by atoms with van der Waals surface area (Å²) in [6, 6.07) is 9.77. The summed E-state index contributed by atoms with van der Waals surface area (Å²) in [5.74, 6) is 0.0656. The molecule has 0 radical (unpaired) electrons. The molecule has 50 heavy (non-hydrogen) atoms. The molecule has 2 aromatic carbocycles. The van der Waals surface area contributed by atoms with Crippen molar-refractivity contribution in [1.29, 1.82) is 0 Å². The van der Waals surface area contributed by atoms with Gasteiger partial charge in [-0.25, -0.2) is 23.8 Å². The van der Waals surface area contributed by atoms with Gasteiger partial charge in [0.25, 0.3) is 0 Å². The number of morpholine rings is 1. The third-order valence-electron chi connectivity index (χ3n) is 8.20. The molecule has 3 aromatic heterocycles. The third kappa shape index (κ3) is 8.21. The second-order valence-corrected chi connectivity index (χ2v) is 17.4. The van der Waals surface area contributed by atoms with E-state index in [0.717, 1.165) is 23.6 Å². The standard InChI is InChI=1S/C33H39F5N8O3S/c1-47-24-7-5-22(6-8-24)19-44(20-27-40-29-26(10-9-25(34)28(29)35)45(27)21-49-15-16-50(2,3)4)32-42-31(43-11-13-48-14-12-43)41-30-23(17-33(36,37)38)18-39-46(30)32/h5-10,18H,11-17,19-21H2,1-4H3. The minimum absolute atomic E-state index is 0.00294. The van der Waals surface area contributed by atoms with Crippen molar-refractivity contribution in [3.05, 3.63) is 71.2 Å². The van der Waals surface area contributed by atoms with Crippen LogP contribution in [0.1, 0.15) is 17.0 Å². The molecule has 270 valence electrons.